The van der Waals surface area contributed by atoms with Crippen LogP contribution in [0.15, 0.2) is 0 Å². The zero-order valence-electron chi connectivity index (χ0n) is 7.87. The summed E-state index contributed by atoms with van der Waals surface area (Å²) in [5.74, 6) is -0.237. The van der Waals surface area contributed by atoms with Crippen molar-refractivity contribution in [3.8, 4) is 6.19 Å². The van der Waals surface area contributed by atoms with Crippen LogP contribution in [0, 0.1) is 11.5 Å². The van der Waals surface area contributed by atoms with Gasteiger partial charge in [0.1, 0.15) is 6.04 Å². The Labute approximate surface area is 77.7 Å². The molecular weight excluding hydrogens is 168 g/mol. The Morgan fingerprint density at radius 3 is 2.92 bits per heavy atom. The molecule has 1 rings (SSSR count). The first-order valence-electron chi connectivity index (χ1n) is 4.25. The second-order valence-corrected chi connectivity index (χ2v) is 3.35. The molecule has 0 aliphatic carbocycles. The van der Waals surface area contributed by atoms with Crippen LogP contribution in [-0.2, 0) is 4.79 Å². The van der Waals surface area contributed by atoms with E-state index in [0.29, 0.717) is 0 Å². The van der Waals surface area contributed by atoms with Gasteiger partial charge in [0.2, 0.25) is 0 Å². The summed E-state index contributed by atoms with van der Waals surface area (Å²) in [4.78, 5) is 13.3. The molecule has 0 radical (unpaired) electrons. The number of nitrogens with zero attached hydrogens (tertiary/aromatic N) is 2. The number of carbonyl (C=O) groups is 1. The second-order valence-electron chi connectivity index (χ2n) is 3.35. The van der Waals surface area contributed by atoms with Crippen LogP contribution in [0.5, 0.6) is 0 Å². The van der Waals surface area contributed by atoms with Gasteiger partial charge in [-0.15, -0.1) is 0 Å². The smallest absolute Gasteiger partial charge is 0.251 e. The standard InChI is InChI=1S/C8H14N4O/c1-12(2)6-3-4-10-7(6)8(13)11-5-9/h6-7,10H,3-4H2,1-2H3,(H,11,13)/t6?,7-/m1/s1. The predicted octanol–water partition coefficient (Wildman–Crippen LogP) is -1.12. The molecule has 1 aliphatic heterocycles. The Balaban J connectivity index is 2.58. The fourth-order valence-corrected chi connectivity index (χ4v) is 1.65. The van der Waals surface area contributed by atoms with Crippen LogP contribution in [0.4, 0.5) is 0 Å². The largest absolute Gasteiger partial charge is 0.304 e. The van der Waals surface area contributed by atoms with Gasteiger partial charge in [0, 0.05) is 6.04 Å². The summed E-state index contributed by atoms with van der Waals surface area (Å²) < 4.78 is 0. The summed E-state index contributed by atoms with van der Waals surface area (Å²) in [6.45, 7) is 0.826. The molecule has 0 spiro atoms. The molecule has 13 heavy (non-hydrogen) atoms. The van der Waals surface area contributed by atoms with Crippen LogP contribution >= 0.6 is 0 Å². The van der Waals surface area contributed by atoms with Crippen molar-refractivity contribution in [1.29, 1.82) is 5.26 Å². The van der Waals surface area contributed by atoms with Crippen molar-refractivity contribution in [2.75, 3.05) is 20.6 Å². The minimum absolute atomic E-state index is 0.188. The average Bonchev–Trinajstić information content (AvgIpc) is 2.52. The Morgan fingerprint density at radius 1 is 1.69 bits per heavy atom. The van der Waals surface area contributed by atoms with Crippen molar-refractivity contribution in [2.45, 2.75) is 18.5 Å². The molecule has 1 heterocycles. The summed E-state index contributed by atoms with van der Waals surface area (Å²) in [7, 11) is 3.87. The van der Waals surface area contributed by atoms with E-state index >= 15 is 0 Å². The number of amides is 1. The monoisotopic (exact) mass is 182 g/mol. The van der Waals surface area contributed by atoms with Crippen LogP contribution in [0.3, 0.4) is 0 Å². The Bertz CT molecular complexity index is 233. The highest BCUT2D eigenvalue weighted by Gasteiger charge is 2.33. The summed E-state index contributed by atoms with van der Waals surface area (Å²) in [5, 5.41) is 13.5. The molecule has 1 unspecified atom stereocenters. The van der Waals surface area contributed by atoms with Crippen molar-refractivity contribution in [2.24, 2.45) is 0 Å². The van der Waals surface area contributed by atoms with Gasteiger partial charge in [-0.25, -0.2) is 0 Å². The molecule has 0 aromatic carbocycles. The minimum atomic E-state index is -0.255. The molecular formula is C8H14N4O. The number of hydrogen-bond donors (Lipinski definition) is 2. The second kappa shape index (κ2) is 4.21. The van der Waals surface area contributed by atoms with Crippen LogP contribution in [-0.4, -0.2) is 43.5 Å². The van der Waals surface area contributed by atoms with E-state index in [1.807, 2.05) is 19.0 Å². The SMILES string of the molecule is CN(C)C1CCN[C@H]1C(=O)NC#N. The lowest BCUT2D eigenvalue weighted by Crippen LogP contribution is -2.49. The van der Waals surface area contributed by atoms with Crippen LogP contribution in [0.1, 0.15) is 6.42 Å². The average molecular weight is 182 g/mol. The third-order valence-electron chi connectivity index (χ3n) is 2.31. The van der Waals surface area contributed by atoms with Gasteiger partial charge in [-0.2, -0.15) is 5.26 Å². The molecule has 1 saturated heterocycles. The van der Waals surface area contributed by atoms with E-state index in [1.165, 1.54) is 0 Å². The van der Waals surface area contributed by atoms with E-state index in [4.69, 9.17) is 5.26 Å². The van der Waals surface area contributed by atoms with E-state index in [0.717, 1.165) is 13.0 Å². The highest BCUT2D eigenvalue weighted by Crippen LogP contribution is 2.11. The lowest BCUT2D eigenvalue weighted by molar-refractivity contribution is -0.122. The van der Waals surface area contributed by atoms with Crippen molar-refractivity contribution < 1.29 is 4.79 Å². The van der Waals surface area contributed by atoms with Crippen LogP contribution < -0.4 is 10.6 Å². The zero-order chi connectivity index (χ0) is 9.84. The molecule has 72 valence electrons. The first-order valence-corrected chi connectivity index (χ1v) is 4.25. The first kappa shape index (κ1) is 9.96. The topological polar surface area (TPSA) is 68.2 Å². The van der Waals surface area contributed by atoms with Crippen molar-refractivity contribution in [3.05, 3.63) is 0 Å². The Kier molecular flexibility index (Phi) is 3.23. The summed E-state index contributed by atoms with van der Waals surface area (Å²) in [6, 6.07) is -0.0667. The van der Waals surface area contributed by atoms with Gasteiger partial charge in [-0.05, 0) is 27.1 Å². The maximum Gasteiger partial charge on any atom is 0.251 e. The van der Waals surface area contributed by atoms with E-state index in [9.17, 15) is 4.79 Å². The van der Waals surface area contributed by atoms with Crippen LogP contribution in [0.25, 0.3) is 0 Å². The van der Waals surface area contributed by atoms with Gasteiger partial charge >= 0.3 is 0 Å². The number of likely N-dealkylation sites (N-methyl/N-ethyl adjacent to an activating group) is 1. The molecule has 1 amide bonds. The summed E-state index contributed by atoms with van der Waals surface area (Å²) in [6.07, 6.45) is 2.59. The van der Waals surface area contributed by atoms with Gasteiger partial charge in [0.05, 0.1) is 0 Å². The van der Waals surface area contributed by atoms with Gasteiger partial charge in [-0.1, -0.05) is 0 Å². The lowest BCUT2D eigenvalue weighted by Gasteiger charge is -2.23. The molecule has 0 aromatic rings. The highest BCUT2D eigenvalue weighted by atomic mass is 16.2. The zero-order valence-corrected chi connectivity index (χ0v) is 7.87. The Hall–Kier alpha value is -1.12. The maximum atomic E-state index is 11.3. The first-order chi connectivity index (χ1) is 6.16. The Morgan fingerprint density at radius 2 is 2.38 bits per heavy atom. The molecule has 2 N–H and O–H groups in total. The quantitative estimate of drug-likeness (QED) is 0.419. The predicted molar refractivity (Wildman–Crippen MR) is 47.6 cm³/mol. The van der Waals surface area contributed by atoms with Gasteiger partial charge in [-0.3, -0.25) is 10.1 Å². The normalized spacial score (nSPS) is 27.2. The highest BCUT2D eigenvalue weighted by molar-refractivity contribution is 5.84. The van der Waals surface area contributed by atoms with Gasteiger partial charge in [0.25, 0.3) is 5.91 Å². The fourth-order valence-electron chi connectivity index (χ4n) is 1.65. The molecule has 0 saturated carbocycles. The molecule has 0 bridgehead atoms. The third kappa shape index (κ3) is 2.17. The minimum Gasteiger partial charge on any atom is -0.304 e. The molecule has 1 aliphatic rings. The molecule has 1 fully saturated rings. The number of nitriles is 1. The maximum absolute atomic E-state index is 11.3. The number of rotatable bonds is 2. The summed E-state index contributed by atoms with van der Waals surface area (Å²) >= 11 is 0. The molecule has 0 aromatic heterocycles. The number of hydrogen-bond acceptors (Lipinski definition) is 4. The fraction of sp³-hybridized carbons (Fsp3) is 0.750. The van der Waals surface area contributed by atoms with Crippen molar-refractivity contribution >= 4 is 5.91 Å². The molecule has 2 atom stereocenters. The number of carbonyl (C=O) groups excluding carboxylic acids is 1. The third-order valence-corrected chi connectivity index (χ3v) is 2.31. The van der Waals surface area contributed by atoms with E-state index < -0.39 is 0 Å². The van der Waals surface area contributed by atoms with Gasteiger partial charge in [0.15, 0.2) is 6.19 Å². The number of nitrogens with one attached hydrogen (secondary N) is 2. The molecule has 5 heteroatoms. The molecule has 5 nitrogen and oxygen atoms in total. The van der Waals surface area contributed by atoms with Gasteiger partial charge < -0.3 is 10.2 Å². The van der Waals surface area contributed by atoms with E-state index in [1.54, 1.807) is 6.19 Å². The van der Waals surface area contributed by atoms with Crippen molar-refractivity contribution in [3.63, 3.8) is 0 Å². The summed E-state index contributed by atoms with van der Waals surface area (Å²) in [5.41, 5.74) is 0. The van der Waals surface area contributed by atoms with Crippen molar-refractivity contribution in [1.82, 2.24) is 15.5 Å². The van der Waals surface area contributed by atoms with E-state index in [2.05, 4.69) is 10.6 Å². The lowest BCUT2D eigenvalue weighted by atomic mass is 10.1. The van der Waals surface area contributed by atoms with E-state index in [-0.39, 0.29) is 18.0 Å². The van der Waals surface area contributed by atoms with Crippen LogP contribution in [0.2, 0.25) is 0 Å².